The van der Waals surface area contributed by atoms with Crippen molar-refractivity contribution in [3.8, 4) is 0 Å². The Bertz CT molecular complexity index is 450. The van der Waals surface area contributed by atoms with Crippen LogP contribution < -0.4 is 0 Å². The molecule has 0 unspecified atom stereocenters. The molecule has 0 saturated heterocycles. The molecule has 0 amide bonds. The third kappa shape index (κ3) is 14.8. The van der Waals surface area contributed by atoms with Gasteiger partial charge in [0.1, 0.15) is 6.33 Å². The molecular formula is C17H29N3O3. The number of aromatic nitrogens is 3. The summed E-state index contributed by atoms with van der Waals surface area (Å²) in [7, 11) is 4.90. The number of nitrogens with zero attached hydrogens (tertiary/aromatic N) is 3. The quantitative estimate of drug-likeness (QED) is 0.936. The molecule has 2 rings (SSSR count). The van der Waals surface area contributed by atoms with Gasteiger partial charge in [-0.1, -0.05) is 19.9 Å². The van der Waals surface area contributed by atoms with Gasteiger partial charge >= 0.3 is 0 Å². The second-order valence-electron chi connectivity index (χ2n) is 4.07. The lowest BCUT2D eigenvalue weighted by Gasteiger charge is -1.93. The topological polar surface area (TPSA) is 77.4 Å². The minimum absolute atomic E-state index is 0.0281. The van der Waals surface area contributed by atoms with Gasteiger partial charge in [0.15, 0.2) is 0 Å². The Labute approximate surface area is 139 Å². The second-order valence-corrected chi connectivity index (χ2v) is 4.07. The molecule has 6 nitrogen and oxygen atoms in total. The van der Waals surface area contributed by atoms with Crippen molar-refractivity contribution in [2.24, 2.45) is 0 Å². The van der Waals surface area contributed by atoms with Crippen LogP contribution >= 0.6 is 0 Å². The van der Waals surface area contributed by atoms with Crippen molar-refractivity contribution in [3.63, 3.8) is 0 Å². The number of hydrogen-bond donors (Lipinski definition) is 1. The van der Waals surface area contributed by atoms with Crippen molar-refractivity contribution in [1.82, 2.24) is 15.0 Å². The third-order valence-corrected chi connectivity index (χ3v) is 2.06. The molecule has 23 heavy (non-hydrogen) atoms. The Morgan fingerprint density at radius 1 is 1.00 bits per heavy atom. The molecule has 2 aromatic rings. The summed E-state index contributed by atoms with van der Waals surface area (Å²) in [5, 5.41) is 8.57. The van der Waals surface area contributed by atoms with E-state index in [2.05, 4.69) is 19.7 Å². The highest BCUT2D eigenvalue weighted by Gasteiger charge is 1.88. The summed E-state index contributed by atoms with van der Waals surface area (Å²) in [6.07, 6.45) is 6.71. The van der Waals surface area contributed by atoms with E-state index in [0.29, 0.717) is 6.61 Å². The first-order valence-corrected chi connectivity index (χ1v) is 7.33. The zero-order chi connectivity index (χ0) is 17.9. The van der Waals surface area contributed by atoms with Crippen molar-refractivity contribution in [2.45, 2.75) is 34.0 Å². The van der Waals surface area contributed by atoms with E-state index in [1.807, 2.05) is 32.9 Å². The molecule has 0 atom stereocenters. The Kier molecular flexibility index (Phi) is 18.5. The molecule has 0 radical (unpaired) electrons. The van der Waals surface area contributed by atoms with Crippen LogP contribution in [0.5, 0.6) is 0 Å². The maximum Gasteiger partial charge on any atom is 0.115 e. The highest BCUT2D eigenvalue weighted by atomic mass is 16.5. The number of ether oxygens (including phenoxy) is 2. The standard InChI is InChI=1S/C7H9NO.C6H8N2O.C2H6O.C2H6/c1-6-2-3-7(5-9)8-4-6;1-9-4-6-2-7-5-8-3-6;1-3-2;1-2/h2-4,9H,5H2,1H3;2-3,5H,4H2,1H3;1-2H3;1-2H3. The van der Waals surface area contributed by atoms with E-state index in [-0.39, 0.29) is 6.61 Å². The Balaban J connectivity index is 0. The van der Waals surface area contributed by atoms with Crippen LogP contribution in [0, 0.1) is 6.92 Å². The van der Waals surface area contributed by atoms with Gasteiger partial charge in [-0.25, -0.2) is 9.97 Å². The van der Waals surface area contributed by atoms with Crippen LogP contribution in [0.1, 0.15) is 30.7 Å². The number of aliphatic hydroxyl groups is 1. The summed E-state index contributed by atoms with van der Waals surface area (Å²) in [5.41, 5.74) is 2.84. The van der Waals surface area contributed by atoms with Crippen LogP contribution in [-0.2, 0) is 22.7 Å². The molecule has 0 bridgehead atoms. The van der Waals surface area contributed by atoms with Crippen molar-refractivity contribution >= 4 is 0 Å². The first kappa shape index (κ1) is 23.4. The molecular weight excluding hydrogens is 294 g/mol. The zero-order valence-corrected chi connectivity index (χ0v) is 15.0. The van der Waals surface area contributed by atoms with Gasteiger partial charge in [0.05, 0.1) is 18.9 Å². The summed E-state index contributed by atoms with van der Waals surface area (Å²) in [6, 6.07) is 3.74. The van der Waals surface area contributed by atoms with Gasteiger partial charge in [-0.15, -0.1) is 0 Å². The van der Waals surface area contributed by atoms with Crippen LogP contribution in [0.2, 0.25) is 0 Å². The number of aryl methyl sites for hydroxylation is 1. The third-order valence-electron chi connectivity index (χ3n) is 2.06. The molecule has 1 N–H and O–H groups in total. The monoisotopic (exact) mass is 323 g/mol. The fourth-order valence-corrected chi connectivity index (χ4v) is 1.16. The van der Waals surface area contributed by atoms with Crippen molar-refractivity contribution in [1.29, 1.82) is 0 Å². The largest absolute Gasteiger partial charge is 0.390 e. The van der Waals surface area contributed by atoms with Gasteiger partial charge in [0, 0.05) is 45.5 Å². The Hall–Kier alpha value is -1.89. The van der Waals surface area contributed by atoms with Gasteiger partial charge in [-0.05, 0) is 18.6 Å². The molecule has 2 aromatic heterocycles. The first-order valence-electron chi connectivity index (χ1n) is 7.33. The molecule has 0 aliphatic rings. The van der Waals surface area contributed by atoms with E-state index in [1.54, 1.807) is 39.9 Å². The lowest BCUT2D eigenvalue weighted by molar-refractivity contribution is 0.184. The Morgan fingerprint density at radius 2 is 1.57 bits per heavy atom. The molecule has 0 aliphatic heterocycles. The van der Waals surface area contributed by atoms with Crippen molar-refractivity contribution in [3.05, 3.63) is 53.9 Å². The molecule has 2 heterocycles. The maximum absolute atomic E-state index is 8.57. The van der Waals surface area contributed by atoms with E-state index in [4.69, 9.17) is 9.84 Å². The predicted molar refractivity (Wildman–Crippen MR) is 91.9 cm³/mol. The summed E-state index contributed by atoms with van der Waals surface area (Å²) in [4.78, 5) is 11.6. The van der Waals surface area contributed by atoms with Gasteiger partial charge in [-0.2, -0.15) is 0 Å². The van der Waals surface area contributed by atoms with E-state index in [1.165, 1.54) is 6.33 Å². The Morgan fingerprint density at radius 3 is 1.96 bits per heavy atom. The molecule has 0 spiro atoms. The smallest absolute Gasteiger partial charge is 0.115 e. The second kappa shape index (κ2) is 18.2. The van der Waals surface area contributed by atoms with Gasteiger partial charge in [-0.3, -0.25) is 4.98 Å². The normalized spacial score (nSPS) is 8.48. The van der Waals surface area contributed by atoms with Gasteiger partial charge in [0.2, 0.25) is 0 Å². The summed E-state index contributed by atoms with van der Waals surface area (Å²) < 4.78 is 9.10. The average Bonchev–Trinajstić information content (AvgIpc) is 2.60. The maximum atomic E-state index is 8.57. The van der Waals surface area contributed by atoms with Crippen molar-refractivity contribution in [2.75, 3.05) is 21.3 Å². The fraction of sp³-hybridized carbons (Fsp3) is 0.471. The van der Waals surface area contributed by atoms with E-state index in [9.17, 15) is 0 Å². The van der Waals surface area contributed by atoms with E-state index >= 15 is 0 Å². The minimum Gasteiger partial charge on any atom is -0.390 e. The van der Waals surface area contributed by atoms with Crippen LogP contribution in [0.4, 0.5) is 0 Å². The molecule has 130 valence electrons. The molecule has 0 aliphatic carbocycles. The molecule has 0 aromatic carbocycles. The van der Waals surface area contributed by atoms with Crippen LogP contribution in [0.15, 0.2) is 37.1 Å². The van der Waals surface area contributed by atoms with Crippen LogP contribution in [0.25, 0.3) is 0 Å². The zero-order valence-electron chi connectivity index (χ0n) is 15.0. The summed E-state index contributed by atoms with van der Waals surface area (Å²) in [5.74, 6) is 0. The molecule has 0 fully saturated rings. The van der Waals surface area contributed by atoms with Crippen LogP contribution in [-0.4, -0.2) is 41.4 Å². The predicted octanol–water partition coefficient (Wildman–Crippen LogP) is 2.79. The first-order chi connectivity index (χ1) is 11.2. The molecule has 6 heteroatoms. The minimum atomic E-state index is 0.0281. The fourth-order valence-electron chi connectivity index (χ4n) is 1.16. The summed E-state index contributed by atoms with van der Waals surface area (Å²) >= 11 is 0. The number of hydrogen-bond acceptors (Lipinski definition) is 6. The lowest BCUT2D eigenvalue weighted by atomic mass is 10.3. The number of pyridine rings is 1. The van der Waals surface area contributed by atoms with E-state index in [0.717, 1.165) is 16.8 Å². The lowest BCUT2D eigenvalue weighted by Crippen LogP contribution is -1.88. The van der Waals surface area contributed by atoms with E-state index < -0.39 is 0 Å². The number of rotatable bonds is 3. The SMILES string of the molecule is CC.COC.COCc1cncnc1.Cc1ccc(CO)nc1. The summed E-state index contributed by atoms with van der Waals surface area (Å²) in [6.45, 7) is 6.58. The van der Waals surface area contributed by atoms with Gasteiger partial charge in [0.25, 0.3) is 0 Å². The number of methoxy groups -OCH3 is 2. The number of aliphatic hydroxyl groups excluding tert-OH is 1. The average molecular weight is 323 g/mol. The van der Waals surface area contributed by atoms with Crippen molar-refractivity contribution < 1.29 is 14.6 Å². The van der Waals surface area contributed by atoms with Gasteiger partial charge < -0.3 is 14.6 Å². The molecule has 0 saturated carbocycles. The highest BCUT2D eigenvalue weighted by molar-refractivity contribution is 5.11. The van der Waals surface area contributed by atoms with Crippen LogP contribution in [0.3, 0.4) is 0 Å². The highest BCUT2D eigenvalue weighted by Crippen LogP contribution is 1.96.